The van der Waals surface area contributed by atoms with Gasteiger partial charge in [0.1, 0.15) is 11.3 Å². The summed E-state index contributed by atoms with van der Waals surface area (Å²) < 4.78 is 6.76. The van der Waals surface area contributed by atoms with Crippen molar-refractivity contribution >= 4 is 32.6 Å². The van der Waals surface area contributed by atoms with Crippen molar-refractivity contribution in [3.8, 4) is 11.3 Å². The van der Waals surface area contributed by atoms with Gasteiger partial charge in [0.05, 0.1) is 16.6 Å². The second kappa shape index (κ2) is 6.22. The largest absolute Gasteiger partial charge is 0.460 e. The molecule has 1 aliphatic carbocycles. The summed E-state index contributed by atoms with van der Waals surface area (Å²) in [5.41, 5.74) is 8.30. The molecule has 0 unspecified atom stereocenters. The van der Waals surface area contributed by atoms with Crippen LogP contribution in [0, 0.1) is 12.3 Å². The third-order valence-corrected chi connectivity index (χ3v) is 7.10. The minimum absolute atomic E-state index is 0.128. The Morgan fingerprint density at radius 2 is 1.59 bits per heavy atom. The molecule has 0 bridgehead atoms. The lowest BCUT2D eigenvalue weighted by molar-refractivity contribution is 0.364. The highest BCUT2D eigenvalue weighted by molar-refractivity contribution is 6.13. The molecule has 3 aromatic carbocycles. The van der Waals surface area contributed by atoms with Crippen molar-refractivity contribution < 1.29 is 4.42 Å². The van der Waals surface area contributed by atoms with Crippen LogP contribution in [0.15, 0.2) is 59.0 Å². The fourth-order valence-corrected chi connectivity index (χ4v) is 5.94. The topological polar surface area (TPSA) is 26.0 Å². The van der Waals surface area contributed by atoms with Crippen molar-refractivity contribution in [3.05, 3.63) is 77.0 Å². The minimum Gasteiger partial charge on any atom is -0.460 e. The maximum atomic E-state index is 6.76. The first kappa shape index (κ1) is 19.5. The van der Waals surface area contributed by atoms with Gasteiger partial charge in [0.25, 0.3) is 0 Å². The van der Waals surface area contributed by atoms with E-state index in [9.17, 15) is 0 Å². The van der Waals surface area contributed by atoms with Crippen molar-refractivity contribution in [3.63, 3.8) is 0 Å². The van der Waals surface area contributed by atoms with Gasteiger partial charge in [-0.1, -0.05) is 71.0 Å². The first-order chi connectivity index (χ1) is 15.2. The molecule has 160 valence electrons. The first-order valence-electron chi connectivity index (χ1n) is 11.5. The second-order valence-electron chi connectivity index (χ2n) is 11.1. The molecule has 0 saturated carbocycles. The Kier molecular flexibility index (Phi) is 3.80. The molecule has 6 rings (SSSR count). The van der Waals surface area contributed by atoms with Crippen LogP contribution in [0.3, 0.4) is 0 Å². The van der Waals surface area contributed by atoms with Crippen LogP contribution in [-0.2, 0) is 11.8 Å². The van der Waals surface area contributed by atoms with Crippen molar-refractivity contribution in [2.45, 2.75) is 53.4 Å². The molecule has 5 aromatic rings. The normalized spacial score (nSPS) is 14.9. The van der Waals surface area contributed by atoms with Crippen LogP contribution in [0.25, 0.3) is 43.9 Å². The first-order valence-corrected chi connectivity index (χ1v) is 11.5. The molecule has 2 nitrogen and oxygen atoms in total. The molecule has 2 heteroatoms. The molecule has 2 heterocycles. The Bertz CT molecular complexity index is 1560. The van der Waals surface area contributed by atoms with E-state index in [0.717, 1.165) is 34.4 Å². The average molecular weight is 420 g/mol. The predicted molar refractivity (Wildman–Crippen MR) is 134 cm³/mol. The van der Waals surface area contributed by atoms with E-state index in [2.05, 4.69) is 96.1 Å². The summed E-state index contributed by atoms with van der Waals surface area (Å²) in [5, 5.41) is 4.89. The van der Waals surface area contributed by atoms with E-state index in [4.69, 9.17) is 9.40 Å². The summed E-state index contributed by atoms with van der Waals surface area (Å²) in [6.45, 7) is 13.9. The fraction of sp³-hybridized carbons (Fsp3) is 0.300. The Morgan fingerprint density at radius 1 is 0.906 bits per heavy atom. The molecule has 0 N–H and O–H groups in total. The van der Waals surface area contributed by atoms with Gasteiger partial charge in [-0.3, -0.25) is 0 Å². The Labute approximate surface area is 189 Å². The molecule has 0 saturated heterocycles. The quantitative estimate of drug-likeness (QED) is 0.273. The Morgan fingerprint density at radius 3 is 2.34 bits per heavy atom. The molecule has 2 aromatic heterocycles. The summed E-state index contributed by atoms with van der Waals surface area (Å²) in [7, 11) is 0. The van der Waals surface area contributed by atoms with Crippen LogP contribution in [0.1, 0.15) is 57.1 Å². The van der Waals surface area contributed by atoms with Gasteiger partial charge < -0.3 is 4.42 Å². The van der Waals surface area contributed by atoms with Crippen LogP contribution < -0.4 is 0 Å². The Balaban J connectivity index is 1.85. The third kappa shape index (κ3) is 2.56. The zero-order valence-electron chi connectivity index (χ0n) is 19.8. The number of aromatic nitrogens is 1. The van der Waals surface area contributed by atoms with E-state index in [1.54, 1.807) is 0 Å². The summed E-state index contributed by atoms with van der Waals surface area (Å²) in [6.07, 6.45) is 0.899. The van der Waals surface area contributed by atoms with Crippen molar-refractivity contribution in [2.24, 2.45) is 5.41 Å². The number of para-hydroxylation sites is 1. The summed E-state index contributed by atoms with van der Waals surface area (Å²) in [4.78, 5) is 5.24. The summed E-state index contributed by atoms with van der Waals surface area (Å²) in [5.74, 6) is 1.11. The number of fused-ring (bicyclic) bond motifs is 5. The van der Waals surface area contributed by atoms with Gasteiger partial charge in [0, 0.05) is 28.3 Å². The highest BCUT2D eigenvalue weighted by Gasteiger charge is 2.41. The maximum Gasteiger partial charge on any atom is 0.146 e. The lowest BCUT2D eigenvalue weighted by Gasteiger charge is -2.35. The van der Waals surface area contributed by atoms with E-state index < -0.39 is 0 Å². The standard InChI is InChI=1S/C30H29NO/c1-17-19-12-8-7-11-18(19)15-21-25(17)30(5,6)26-23(16-29(2,3)4)32-28-20-13-9-10-14-22(20)31-27(21)24(26)28/h7-15H,16H2,1-6H3. The van der Waals surface area contributed by atoms with Crippen LogP contribution in [0.2, 0.25) is 0 Å². The minimum atomic E-state index is -0.174. The zero-order valence-corrected chi connectivity index (χ0v) is 19.8. The van der Waals surface area contributed by atoms with Crippen LogP contribution in [-0.4, -0.2) is 4.98 Å². The molecule has 0 aliphatic heterocycles. The lowest BCUT2D eigenvalue weighted by Crippen LogP contribution is -2.27. The van der Waals surface area contributed by atoms with E-state index in [0.29, 0.717) is 0 Å². The number of hydrogen-bond acceptors (Lipinski definition) is 2. The zero-order chi connectivity index (χ0) is 22.4. The molecular formula is C30H29NO. The number of pyridine rings is 1. The predicted octanol–water partition coefficient (Wildman–Crippen LogP) is 8.34. The Hall–Kier alpha value is -3.13. The molecule has 32 heavy (non-hydrogen) atoms. The third-order valence-electron chi connectivity index (χ3n) is 7.10. The van der Waals surface area contributed by atoms with Crippen LogP contribution in [0.4, 0.5) is 0 Å². The molecular weight excluding hydrogens is 390 g/mol. The SMILES string of the molecule is Cc1c2c(cc3ccccc13)-c1nc3ccccc3c3oc(CC(C)(C)C)c(c13)C2(C)C. The highest BCUT2D eigenvalue weighted by Crippen LogP contribution is 2.54. The fourth-order valence-electron chi connectivity index (χ4n) is 5.94. The van der Waals surface area contributed by atoms with Crippen LogP contribution in [0.5, 0.6) is 0 Å². The van der Waals surface area contributed by atoms with E-state index in [1.165, 1.54) is 38.4 Å². The molecule has 0 spiro atoms. The smallest absolute Gasteiger partial charge is 0.146 e. The van der Waals surface area contributed by atoms with Crippen molar-refractivity contribution in [1.29, 1.82) is 0 Å². The molecule has 0 fully saturated rings. The number of benzene rings is 3. The van der Waals surface area contributed by atoms with Gasteiger partial charge >= 0.3 is 0 Å². The average Bonchev–Trinajstić information content (AvgIpc) is 3.10. The van der Waals surface area contributed by atoms with Gasteiger partial charge in [-0.05, 0) is 52.4 Å². The molecule has 0 amide bonds. The summed E-state index contributed by atoms with van der Waals surface area (Å²) in [6, 6.07) is 19.4. The van der Waals surface area contributed by atoms with Gasteiger partial charge in [-0.2, -0.15) is 0 Å². The lowest BCUT2D eigenvalue weighted by atomic mass is 9.67. The van der Waals surface area contributed by atoms with Crippen molar-refractivity contribution in [1.82, 2.24) is 4.98 Å². The number of nitrogens with zero attached hydrogens (tertiary/aromatic N) is 1. The maximum absolute atomic E-state index is 6.76. The molecule has 1 aliphatic rings. The van der Waals surface area contributed by atoms with Gasteiger partial charge in [0.2, 0.25) is 0 Å². The van der Waals surface area contributed by atoms with E-state index >= 15 is 0 Å². The highest BCUT2D eigenvalue weighted by atomic mass is 16.3. The van der Waals surface area contributed by atoms with Gasteiger partial charge in [-0.25, -0.2) is 4.98 Å². The monoisotopic (exact) mass is 419 g/mol. The van der Waals surface area contributed by atoms with Crippen molar-refractivity contribution in [2.75, 3.05) is 0 Å². The molecule has 0 atom stereocenters. The van der Waals surface area contributed by atoms with E-state index in [-0.39, 0.29) is 10.8 Å². The number of hydrogen-bond donors (Lipinski definition) is 0. The van der Waals surface area contributed by atoms with Crippen LogP contribution >= 0.6 is 0 Å². The van der Waals surface area contributed by atoms with E-state index in [1.807, 2.05) is 0 Å². The van der Waals surface area contributed by atoms with Gasteiger partial charge in [0.15, 0.2) is 0 Å². The molecule has 0 radical (unpaired) electrons. The number of rotatable bonds is 1. The number of aryl methyl sites for hydroxylation is 1. The number of furan rings is 1. The van der Waals surface area contributed by atoms with Gasteiger partial charge in [-0.15, -0.1) is 0 Å². The summed E-state index contributed by atoms with van der Waals surface area (Å²) >= 11 is 0. The second-order valence-corrected chi connectivity index (χ2v) is 11.1.